The number of fused-ring (bicyclic) bond motifs is 2. The maximum Gasteiger partial charge on any atom is 0.0247 e. The molecule has 19 heavy (non-hydrogen) atoms. The zero-order chi connectivity index (χ0) is 13.4. The molecular weight excluding hydrogens is 232 g/mol. The lowest BCUT2D eigenvalue weighted by Gasteiger charge is -2.48. The predicted octanol–water partition coefficient (Wildman–Crippen LogP) is 3.27. The first kappa shape index (κ1) is 13.9. The Labute approximate surface area is 119 Å². The van der Waals surface area contributed by atoms with Crippen molar-refractivity contribution in [3.05, 3.63) is 0 Å². The zero-order valence-corrected chi connectivity index (χ0v) is 13.1. The Hall–Kier alpha value is -0.0800. The van der Waals surface area contributed by atoms with E-state index in [1.807, 2.05) is 0 Å². The molecule has 0 amide bonds. The van der Waals surface area contributed by atoms with Crippen LogP contribution < -0.4 is 5.32 Å². The number of hydrogen-bond acceptors (Lipinski definition) is 2. The third-order valence-electron chi connectivity index (χ3n) is 6.01. The zero-order valence-electron chi connectivity index (χ0n) is 13.1. The average molecular weight is 264 g/mol. The van der Waals surface area contributed by atoms with Crippen molar-refractivity contribution in [2.45, 2.75) is 77.4 Å². The second kappa shape index (κ2) is 5.73. The van der Waals surface area contributed by atoms with Crippen LogP contribution in [0.5, 0.6) is 0 Å². The maximum atomic E-state index is 3.81. The second-order valence-electron chi connectivity index (χ2n) is 7.64. The SMILES string of the molecule is CCCC1CN(C2CC3CCC2C3)C(C(C)C)CN1. The Balaban J connectivity index is 1.70. The van der Waals surface area contributed by atoms with E-state index in [9.17, 15) is 0 Å². The van der Waals surface area contributed by atoms with Crippen molar-refractivity contribution in [3.63, 3.8) is 0 Å². The molecule has 5 atom stereocenters. The first-order valence-electron chi connectivity index (χ1n) is 8.68. The van der Waals surface area contributed by atoms with Gasteiger partial charge in [0.2, 0.25) is 0 Å². The van der Waals surface area contributed by atoms with Crippen LogP contribution in [0.4, 0.5) is 0 Å². The molecule has 0 aromatic carbocycles. The number of rotatable bonds is 4. The van der Waals surface area contributed by atoms with E-state index in [2.05, 4.69) is 31.0 Å². The van der Waals surface area contributed by atoms with Gasteiger partial charge in [-0.1, -0.05) is 33.6 Å². The van der Waals surface area contributed by atoms with E-state index in [1.54, 1.807) is 0 Å². The lowest BCUT2D eigenvalue weighted by Crippen LogP contribution is -2.61. The lowest BCUT2D eigenvalue weighted by molar-refractivity contribution is 0.0299. The van der Waals surface area contributed by atoms with Crippen LogP contribution in [0.15, 0.2) is 0 Å². The molecule has 2 saturated carbocycles. The molecule has 110 valence electrons. The molecule has 0 aromatic rings. The molecule has 0 radical (unpaired) electrons. The van der Waals surface area contributed by atoms with E-state index in [-0.39, 0.29) is 0 Å². The number of piperazine rings is 1. The summed E-state index contributed by atoms with van der Waals surface area (Å²) in [4.78, 5) is 2.94. The van der Waals surface area contributed by atoms with Crippen LogP contribution in [0, 0.1) is 17.8 Å². The summed E-state index contributed by atoms with van der Waals surface area (Å²) in [5.41, 5.74) is 0. The Morgan fingerprint density at radius 2 is 2.05 bits per heavy atom. The Morgan fingerprint density at radius 1 is 1.21 bits per heavy atom. The fraction of sp³-hybridized carbons (Fsp3) is 1.00. The highest BCUT2D eigenvalue weighted by molar-refractivity contribution is 5.00. The number of nitrogens with zero attached hydrogens (tertiary/aromatic N) is 1. The Kier molecular flexibility index (Phi) is 4.19. The van der Waals surface area contributed by atoms with Gasteiger partial charge in [0.05, 0.1) is 0 Å². The van der Waals surface area contributed by atoms with Crippen molar-refractivity contribution < 1.29 is 0 Å². The highest BCUT2D eigenvalue weighted by Gasteiger charge is 2.45. The summed E-state index contributed by atoms with van der Waals surface area (Å²) in [5, 5.41) is 3.81. The second-order valence-corrected chi connectivity index (χ2v) is 7.64. The molecule has 0 aromatic heterocycles. The van der Waals surface area contributed by atoms with Crippen molar-refractivity contribution in [1.29, 1.82) is 0 Å². The smallest absolute Gasteiger partial charge is 0.0247 e. The van der Waals surface area contributed by atoms with Gasteiger partial charge in [0, 0.05) is 31.2 Å². The van der Waals surface area contributed by atoms with Crippen LogP contribution in [-0.4, -0.2) is 36.1 Å². The minimum absolute atomic E-state index is 0.749. The van der Waals surface area contributed by atoms with Crippen LogP contribution in [0.2, 0.25) is 0 Å². The van der Waals surface area contributed by atoms with Crippen molar-refractivity contribution in [2.75, 3.05) is 13.1 Å². The van der Waals surface area contributed by atoms with Gasteiger partial charge in [-0.25, -0.2) is 0 Å². The fourth-order valence-corrected chi connectivity index (χ4v) is 5.02. The molecular formula is C17H32N2. The van der Waals surface area contributed by atoms with Gasteiger partial charge in [-0.2, -0.15) is 0 Å². The molecule has 2 aliphatic carbocycles. The first-order chi connectivity index (χ1) is 9.19. The molecule has 1 saturated heterocycles. The summed E-state index contributed by atoms with van der Waals surface area (Å²) in [6, 6.07) is 2.45. The van der Waals surface area contributed by atoms with Gasteiger partial charge in [0.15, 0.2) is 0 Å². The molecule has 1 aliphatic heterocycles. The molecule has 0 spiro atoms. The Morgan fingerprint density at radius 3 is 2.63 bits per heavy atom. The molecule has 3 rings (SSSR count). The minimum Gasteiger partial charge on any atom is -0.311 e. The highest BCUT2D eigenvalue weighted by atomic mass is 15.3. The number of hydrogen-bond donors (Lipinski definition) is 1. The molecule has 2 heteroatoms. The standard InChI is InChI=1S/C17H32N2/c1-4-5-15-11-19(17(10-18-15)12(2)3)16-9-13-6-7-14(16)8-13/h12-18H,4-11H2,1-3H3. The van der Waals surface area contributed by atoms with E-state index >= 15 is 0 Å². The van der Waals surface area contributed by atoms with Gasteiger partial charge in [-0.3, -0.25) is 4.90 Å². The highest BCUT2D eigenvalue weighted by Crippen LogP contribution is 2.47. The van der Waals surface area contributed by atoms with Gasteiger partial charge in [0.1, 0.15) is 0 Å². The largest absolute Gasteiger partial charge is 0.311 e. The normalized spacial score (nSPS) is 43.3. The van der Waals surface area contributed by atoms with Crippen molar-refractivity contribution in [2.24, 2.45) is 17.8 Å². The van der Waals surface area contributed by atoms with E-state index < -0.39 is 0 Å². The third-order valence-corrected chi connectivity index (χ3v) is 6.01. The van der Waals surface area contributed by atoms with Crippen LogP contribution in [0.1, 0.15) is 59.3 Å². The first-order valence-corrected chi connectivity index (χ1v) is 8.68. The molecule has 3 aliphatic rings. The topological polar surface area (TPSA) is 15.3 Å². The molecule has 2 nitrogen and oxygen atoms in total. The summed E-state index contributed by atoms with van der Waals surface area (Å²) in [6.07, 6.45) is 8.75. The van der Waals surface area contributed by atoms with E-state index in [4.69, 9.17) is 0 Å². The molecule has 1 N–H and O–H groups in total. The van der Waals surface area contributed by atoms with Crippen molar-refractivity contribution in [3.8, 4) is 0 Å². The summed E-state index contributed by atoms with van der Waals surface area (Å²) < 4.78 is 0. The summed E-state index contributed by atoms with van der Waals surface area (Å²) >= 11 is 0. The van der Waals surface area contributed by atoms with Crippen LogP contribution >= 0.6 is 0 Å². The Bertz CT molecular complexity index is 302. The number of nitrogens with one attached hydrogen (secondary N) is 1. The van der Waals surface area contributed by atoms with Gasteiger partial charge in [-0.05, 0) is 43.4 Å². The van der Waals surface area contributed by atoms with E-state index in [0.717, 1.165) is 35.9 Å². The van der Waals surface area contributed by atoms with Crippen LogP contribution in [0.3, 0.4) is 0 Å². The van der Waals surface area contributed by atoms with Crippen molar-refractivity contribution >= 4 is 0 Å². The average Bonchev–Trinajstić information content (AvgIpc) is 3.01. The predicted molar refractivity (Wildman–Crippen MR) is 81.3 cm³/mol. The van der Waals surface area contributed by atoms with E-state index in [0.29, 0.717) is 0 Å². The monoisotopic (exact) mass is 264 g/mol. The third kappa shape index (κ3) is 2.71. The molecule has 1 heterocycles. The summed E-state index contributed by atoms with van der Waals surface area (Å²) in [6.45, 7) is 9.66. The summed E-state index contributed by atoms with van der Waals surface area (Å²) in [5.74, 6) is 2.89. The molecule has 5 unspecified atom stereocenters. The summed E-state index contributed by atoms with van der Waals surface area (Å²) in [7, 11) is 0. The fourth-order valence-electron chi connectivity index (χ4n) is 5.02. The maximum absolute atomic E-state index is 3.81. The van der Waals surface area contributed by atoms with E-state index in [1.165, 1.54) is 51.6 Å². The minimum atomic E-state index is 0.749. The molecule has 2 bridgehead atoms. The van der Waals surface area contributed by atoms with Gasteiger partial charge >= 0.3 is 0 Å². The van der Waals surface area contributed by atoms with Crippen molar-refractivity contribution in [1.82, 2.24) is 10.2 Å². The quantitative estimate of drug-likeness (QED) is 0.838. The lowest BCUT2D eigenvalue weighted by atomic mass is 9.88. The molecule has 3 fully saturated rings. The van der Waals surface area contributed by atoms with Gasteiger partial charge in [-0.15, -0.1) is 0 Å². The van der Waals surface area contributed by atoms with Crippen LogP contribution in [-0.2, 0) is 0 Å². The van der Waals surface area contributed by atoms with Gasteiger partial charge < -0.3 is 5.32 Å². The van der Waals surface area contributed by atoms with Gasteiger partial charge in [0.25, 0.3) is 0 Å². The van der Waals surface area contributed by atoms with Crippen LogP contribution in [0.25, 0.3) is 0 Å².